The summed E-state index contributed by atoms with van der Waals surface area (Å²) in [6, 6.07) is 6.27. The third-order valence-electron chi connectivity index (χ3n) is 7.27. The third-order valence-corrected chi connectivity index (χ3v) is 7.27. The molecule has 9 nitrogen and oxygen atoms in total. The van der Waals surface area contributed by atoms with Gasteiger partial charge in [-0.1, -0.05) is 38.5 Å². The Morgan fingerprint density at radius 2 is 1.44 bits per heavy atom. The molecule has 0 unspecified atom stereocenters. The zero-order chi connectivity index (χ0) is 24.5. The Hall–Kier alpha value is -2.23. The second-order valence-corrected chi connectivity index (χ2v) is 10.2. The second-order valence-electron chi connectivity index (χ2n) is 10.2. The van der Waals surface area contributed by atoms with E-state index in [4.69, 9.17) is 0 Å². The van der Waals surface area contributed by atoms with E-state index in [1.54, 1.807) is 4.90 Å². The van der Waals surface area contributed by atoms with Crippen LogP contribution in [-0.2, 0) is 4.79 Å². The number of carbonyl (C=O) groups is 2. The van der Waals surface area contributed by atoms with Crippen LogP contribution in [0.3, 0.4) is 0 Å². The summed E-state index contributed by atoms with van der Waals surface area (Å²) >= 11 is 0. The lowest BCUT2D eigenvalue weighted by atomic mass is 9.88. The minimum Gasteiger partial charge on any atom is -1.00 e. The van der Waals surface area contributed by atoms with E-state index in [1.165, 1.54) is 42.0 Å². The summed E-state index contributed by atoms with van der Waals surface area (Å²) in [4.78, 5) is 42.8. The molecule has 10 heteroatoms. The Morgan fingerprint density at radius 1 is 0.944 bits per heavy atom. The molecule has 0 atom stereocenters. The van der Waals surface area contributed by atoms with Gasteiger partial charge in [0.05, 0.1) is 25.6 Å². The number of nitrogens with zero attached hydrogens (tertiary/aromatic N) is 3. The molecule has 1 aromatic rings. The maximum atomic E-state index is 13.8. The lowest BCUT2D eigenvalue weighted by Crippen LogP contribution is -3.05. The Morgan fingerprint density at radius 3 is 1.89 bits per heavy atom. The number of halogens is 1. The number of hydrogen-bond acceptors (Lipinski definition) is 4. The molecule has 2 saturated carbocycles. The molecule has 204 valence electrons. The number of benzene rings is 1. The summed E-state index contributed by atoms with van der Waals surface area (Å²) in [6.07, 6.45) is 12.2. The minimum atomic E-state index is -0.471. The standard InChI is InChI=1S/C26H40N4O4.ClH.H2O/c1-27(2)18-9-19-28(26(32)21-14-16-24(17-15-21)30(33)34)20-25(31)29(22-10-5-3-6-11-22)23-12-7-4-8-13-23;;/h14-17,22-23H,3-13,18-20H2,1-2H3;1H;1H2. The van der Waals surface area contributed by atoms with E-state index >= 15 is 0 Å². The van der Waals surface area contributed by atoms with Crippen LogP contribution in [0.2, 0.25) is 0 Å². The van der Waals surface area contributed by atoms with Crippen molar-refractivity contribution >= 4 is 17.5 Å². The number of hydrogen-bond donors (Lipinski definition) is 1. The summed E-state index contributed by atoms with van der Waals surface area (Å²) in [5.74, 6) is -0.171. The van der Waals surface area contributed by atoms with Crippen LogP contribution in [0.4, 0.5) is 5.69 Å². The van der Waals surface area contributed by atoms with Gasteiger partial charge in [0.2, 0.25) is 5.91 Å². The zero-order valence-electron chi connectivity index (χ0n) is 21.7. The molecule has 36 heavy (non-hydrogen) atoms. The molecule has 0 spiro atoms. The lowest BCUT2D eigenvalue weighted by Gasteiger charge is -2.42. The fraction of sp³-hybridized carbons (Fsp3) is 0.692. The van der Waals surface area contributed by atoms with Crippen LogP contribution in [0, 0.1) is 10.1 Å². The summed E-state index contributed by atoms with van der Waals surface area (Å²) in [6.45, 7) is 1.47. The van der Waals surface area contributed by atoms with Crippen LogP contribution in [0.25, 0.3) is 0 Å². The average molecular weight is 527 g/mol. The van der Waals surface area contributed by atoms with Crippen molar-refractivity contribution in [1.29, 1.82) is 0 Å². The van der Waals surface area contributed by atoms with E-state index in [2.05, 4.69) is 19.0 Å². The number of nitro benzene ring substituents is 1. The Kier molecular flexibility index (Phi) is 13.9. The van der Waals surface area contributed by atoms with E-state index in [0.29, 0.717) is 12.1 Å². The number of carbonyl (C=O) groups excluding carboxylic acids is 2. The van der Waals surface area contributed by atoms with Crippen LogP contribution >= 0.6 is 0 Å². The van der Waals surface area contributed by atoms with Crippen molar-refractivity contribution < 1.29 is 37.3 Å². The smallest absolute Gasteiger partial charge is 0.269 e. The van der Waals surface area contributed by atoms with Crippen molar-refractivity contribution in [3.05, 3.63) is 39.9 Å². The second kappa shape index (κ2) is 15.8. The van der Waals surface area contributed by atoms with E-state index < -0.39 is 4.92 Å². The molecule has 1 aromatic carbocycles. The van der Waals surface area contributed by atoms with Gasteiger partial charge in [-0.2, -0.15) is 0 Å². The van der Waals surface area contributed by atoms with Crippen LogP contribution in [0.1, 0.15) is 81.0 Å². The number of rotatable bonds is 10. The van der Waals surface area contributed by atoms with Crippen molar-refractivity contribution in [1.82, 2.24) is 9.80 Å². The SMILES string of the molecule is C[NH+](C)CCCN(CC(=O)N(C1CCCCC1)C1CCCCC1)C(=O)c1ccc([N+](=O)[O-])cc1.O.[Cl-]. The molecular formula is C26H43ClN4O5. The van der Waals surface area contributed by atoms with Gasteiger partial charge in [0.1, 0.15) is 6.54 Å². The number of quaternary nitrogens is 1. The van der Waals surface area contributed by atoms with Crippen molar-refractivity contribution in [3.63, 3.8) is 0 Å². The largest absolute Gasteiger partial charge is 1.00 e. The molecule has 0 heterocycles. The number of non-ortho nitro benzene ring substituents is 1. The van der Waals surface area contributed by atoms with Gasteiger partial charge in [0.15, 0.2) is 0 Å². The van der Waals surface area contributed by atoms with Crippen molar-refractivity contribution in [2.45, 2.75) is 82.7 Å². The summed E-state index contributed by atoms with van der Waals surface area (Å²) < 4.78 is 0. The molecule has 0 radical (unpaired) electrons. The highest BCUT2D eigenvalue weighted by Crippen LogP contribution is 2.30. The summed E-state index contributed by atoms with van der Waals surface area (Å²) in [5, 5.41) is 11.0. The first kappa shape index (κ1) is 31.8. The van der Waals surface area contributed by atoms with Crippen LogP contribution in [0.5, 0.6) is 0 Å². The minimum absolute atomic E-state index is 0. The van der Waals surface area contributed by atoms with E-state index in [0.717, 1.165) is 64.3 Å². The fourth-order valence-corrected chi connectivity index (χ4v) is 5.45. The average Bonchev–Trinajstić information content (AvgIpc) is 2.84. The van der Waals surface area contributed by atoms with Crippen molar-refractivity contribution in [3.8, 4) is 0 Å². The highest BCUT2D eigenvalue weighted by Gasteiger charge is 2.34. The first-order valence-corrected chi connectivity index (χ1v) is 13.0. The topological polar surface area (TPSA) is 120 Å². The maximum absolute atomic E-state index is 13.8. The Labute approximate surface area is 221 Å². The molecular weight excluding hydrogens is 484 g/mol. The predicted molar refractivity (Wildman–Crippen MR) is 136 cm³/mol. The molecule has 2 aliphatic carbocycles. The number of amides is 2. The van der Waals surface area contributed by atoms with Gasteiger partial charge < -0.3 is 32.6 Å². The molecule has 2 fully saturated rings. The van der Waals surface area contributed by atoms with Crippen molar-refractivity contribution in [2.24, 2.45) is 0 Å². The van der Waals surface area contributed by atoms with Gasteiger partial charge in [0, 0.05) is 42.7 Å². The quantitative estimate of drug-likeness (QED) is 0.318. The summed E-state index contributed by atoms with van der Waals surface area (Å²) in [7, 11) is 4.14. The normalized spacial score (nSPS) is 16.5. The van der Waals surface area contributed by atoms with E-state index in [-0.39, 0.29) is 54.0 Å². The lowest BCUT2D eigenvalue weighted by molar-refractivity contribution is -0.858. The predicted octanol–water partition coefficient (Wildman–Crippen LogP) is -0.755. The monoisotopic (exact) mass is 526 g/mol. The van der Waals surface area contributed by atoms with Gasteiger partial charge >= 0.3 is 0 Å². The van der Waals surface area contributed by atoms with Crippen LogP contribution in [0.15, 0.2) is 24.3 Å². The molecule has 3 N–H and O–H groups in total. The van der Waals surface area contributed by atoms with Crippen LogP contribution < -0.4 is 17.3 Å². The molecule has 3 rings (SSSR count). The number of nitro groups is 1. The third kappa shape index (κ3) is 9.01. The molecule has 0 saturated heterocycles. The molecule has 2 aliphatic rings. The molecule has 0 bridgehead atoms. The van der Waals surface area contributed by atoms with Gasteiger partial charge in [-0.05, 0) is 37.8 Å². The van der Waals surface area contributed by atoms with Gasteiger partial charge in [0.25, 0.3) is 11.6 Å². The van der Waals surface area contributed by atoms with E-state index in [9.17, 15) is 19.7 Å². The number of nitrogens with one attached hydrogen (secondary N) is 1. The fourth-order valence-electron chi connectivity index (χ4n) is 5.45. The Bertz CT molecular complexity index is 806. The molecule has 2 amide bonds. The van der Waals surface area contributed by atoms with E-state index in [1.807, 2.05) is 0 Å². The Balaban J connectivity index is 0.00000324. The maximum Gasteiger partial charge on any atom is 0.269 e. The van der Waals surface area contributed by atoms with Gasteiger partial charge in [-0.25, -0.2) is 0 Å². The summed E-state index contributed by atoms with van der Waals surface area (Å²) in [5.41, 5.74) is 0.341. The van der Waals surface area contributed by atoms with Gasteiger partial charge in [-0.15, -0.1) is 0 Å². The molecule has 0 aromatic heterocycles. The van der Waals surface area contributed by atoms with Crippen molar-refractivity contribution in [2.75, 3.05) is 33.7 Å². The first-order chi connectivity index (χ1) is 16.4. The molecule has 0 aliphatic heterocycles. The first-order valence-electron chi connectivity index (χ1n) is 13.0. The zero-order valence-corrected chi connectivity index (χ0v) is 22.5. The van der Waals surface area contributed by atoms with Gasteiger partial charge in [-0.3, -0.25) is 19.7 Å². The highest BCUT2D eigenvalue weighted by molar-refractivity contribution is 5.96. The highest BCUT2D eigenvalue weighted by atomic mass is 35.5. The van der Waals surface area contributed by atoms with Crippen LogP contribution in [-0.4, -0.2) is 77.8 Å².